The Labute approximate surface area is 187 Å². The van der Waals surface area contributed by atoms with Gasteiger partial charge in [0.05, 0.1) is 17.7 Å². The van der Waals surface area contributed by atoms with Crippen molar-refractivity contribution < 1.29 is 14.3 Å². The molecule has 1 saturated carbocycles. The standard InChI is InChI=1S/C26H27N3O3/c1-18-6-5-7-20(14-18)15-32-26(12-13-26)25(28-19(2)30)16-29(17-25)24(31)23-11-10-21-8-3-4-9-22(21)27-23/h3-11,14H,12-13,15-17H2,1-2H3,(H,28,30). The van der Waals surface area contributed by atoms with Crippen LogP contribution in [0.3, 0.4) is 0 Å². The minimum absolute atomic E-state index is 0.105. The van der Waals surface area contributed by atoms with Crippen molar-refractivity contribution in [1.29, 1.82) is 0 Å². The van der Waals surface area contributed by atoms with Gasteiger partial charge in [-0.25, -0.2) is 4.98 Å². The van der Waals surface area contributed by atoms with Crippen molar-refractivity contribution >= 4 is 22.7 Å². The summed E-state index contributed by atoms with van der Waals surface area (Å²) in [5.74, 6) is -0.224. The van der Waals surface area contributed by atoms with Crippen LogP contribution in [0.25, 0.3) is 10.9 Å². The maximum Gasteiger partial charge on any atom is 0.272 e. The van der Waals surface area contributed by atoms with Crippen LogP contribution in [-0.2, 0) is 16.1 Å². The molecule has 6 heteroatoms. The number of carbonyl (C=O) groups excluding carboxylic acids is 2. The number of fused-ring (bicyclic) bond motifs is 1. The Morgan fingerprint density at radius 2 is 1.84 bits per heavy atom. The van der Waals surface area contributed by atoms with E-state index in [4.69, 9.17) is 4.74 Å². The smallest absolute Gasteiger partial charge is 0.272 e. The number of pyridine rings is 1. The Kier molecular flexibility index (Phi) is 4.97. The largest absolute Gasteiger partial charge is 0.368 e. The maximum atomic E-state index is 13.1. The van der Waals surface area contributed by atoms with E-state index in [0.29, 0.717) is 25.4 Å². The molecule has 6 nitrogen and oxygen atoms in total. The van der Waals surface area contributed by atoms with Crippen LogP contribution < -0.4 is 5.32 Å². The minimum atomic E-state index is -0.560. The number of ether oxygens (including phenoxy) is 1. The number of aromatic nitrogens is 1. The van der Waals surface area contributed by atoms with Crippen molar-refractivity contribution in [3.63, 3.8) is 0 Å². The molecule has 1 saturated heterocycles. The van der Waals surface area contributed by atoms with E-state index in [1.807, 2.05) is 36.4 Å². The normalized spacial score (nSPS) is 18.1. The molecule has 2 fully saturated rings. The first-order chi connectivity index (χ1) is 15.4. The van der Waals surface area contributed by atoms with Crippen molar-refractivity contribution in [2.45, 2.75) is 44.4 Å². The molecule has 0 spiro atoms. The lowest BCUT2D eigenvalue weighted by Crippen LogP contribution is -2.77. The zero-order valence-corrected chi connectivity index (χ0v) is 18.4. The Hall–Kier alpha value is -3.25. The summed E-state index contributed by atoms with van der Waals surface area (Å²) in [7, 11) is 0. The number of para-hydroxylation sites is 1. The van der Waals surface area contributed by atoms with Gasteiger partial charge >= 0.3 is 0 Å². The molecule has 1 aliphatic heterocycles. The first-order valence-corrected chi connectivity index (χ1v) is 11.0. The summed E-state index contributed by atoms with van der Waals surface area (Å²) in [4.78, 5) is 31.5. The van der Waals surface area contributed by atoms with Gasteiger partial charge in [-0.3, -0.25) is 9.59 Å². The van der Waals surface area contributed by atoms with E-state index in [1.165, 1.54) is 12.5 Å². The molecule has 0 unspecified atom stereocenters. The van der Waals surface area contributed by atoms with Crippen molar-refractivity contribution in [3.05, 3.63) is 77.5 Å². The van der Waals surface area contributed by atoms with Gasteiger partial charge in [0.15, 0.2) is 0 Å². The highest BCUT2D eigenvalue weighted by molar-refractivity contribution is 5.95. The van der Waals surface area contributed by atoms with Crippen LogP contribution in [0.1, 0.15) is 41.4 Å². The lowest BCUT2D eigenvalue weighted by Gasteiger charge is -2.54. The Balaban J connectivity index is 1.32. The molecule has 2 aromatic carbocycles. The number of likely N-dealkylation sites (tertiary alicyclic amines) is 1. The quantitative estimate of drug-likeness (QED) is 0.650. The third kappa shape index (κ3) is 3.65. The minimum Gasteiger partial charge on any atom is -0.368 e. The van der Waals surface area contributed by atoms with E-state index < -0.39 is 11.1 Å². The second kappa shape index (κ2) is 7.71. The number of nitrogens with one attached hydrogen (secondary N) is 1. The first-order valence-electron chi connectivity index (χ1n) is 11.0. The van der Waals surface area contributed by atoms with Crippen molar-refractivity contribution in [1.82, 2.24) is 15.2 Å². The van der Waals surface area contributed by atoms with Crippen molar-refractivity contribution in [2.24, 2.45) is 0 Å². The maximum absolute atomic E-state index is 13.1. The highest BCUT2D eigenvalue weighted by Gasteiger charge is 2.67. The van der Waals surface area contributed by atoms with Gasteiger partial charge in [-0.15, -0.1) is 0 Å². The number of amides is 2. The summed E-state index contributed by atoms with van der Waals surface area (Å²) in [6.45, 7) is 4.92. The molecule has 2 amide bonds. The molecule has 1 aliphatic carbocycles. The Morgan fingerprint density at radius 1 is 1.06 bits per heavy atom. The van der Waals surface area contributed by atoms with E-state index in [0.717, 1.165) is 29.3 Å². The van der Waals surface area contributed by atoms with Gasteiger partial charge in [0, 0.05) is 25.4 Å². The zero-order chi connectivity index (χ0) is 22.3. The molecule has 2 heterocycles. The molecule has 5 rings (SSSR count). The monoisotopic (exact) mass is 429 g/mol. The third-order valence-electron chi connectivity index (χ3n) is 6.62. The van der Waals surface area contributed by atoms with Crippen LogP contribution in [0, 0.1) is 6.92 Å². The fourth-order valence-electron chi connectivity index (χ4n) is 4.81. The zero-order valence-electron chi connectivity index (χ0n) is 18.4. The molecular formula is C26H27N3O3. The van der Waals surface area contributed by atoms with Gasteiger partial charge < -0.3 is 15.0 Å². The highest BCUT2D eigenvalue weighted by atomic mass is 16.5. The van der Waals surface area contributed by atoms with Crippen molar-refractivity contribution in [2.75, 3.05) is 13.1 Å². The van der Waals surface area contributed by atoms with Crippen LogP contribution in [0.5, 0.6) is 0 Å². The summed E-state index contributed by atoms with van der Waals surface area (Å²) in [5.41, 5.74) is 2.53. The number of carbonyl (C=O) groups is 2. The topological polar surface area (TPSA) is 71.5 Å². The number of rotatable bonds is 6. The van der Waals surface area contributed by atoms with Crippen LogP contribution in [-0.4, -0.2) is 45.9 Å². The fourth-order valence-corrected chi connectivity index (χ4v) is 4.81. The van der Waals surface area contributed by atoms with Gasteiger partial charge in [0.2, 0.25) is 5.91 Å². The summed E-state index contributed by atoms with van der Waals surface area (Å²) in [6, 6.07) is 19.7. The van der Waals surface area contributed by atoms with Crippen LogP contribution in [0.4, 0.5) is 0 Å². The van der Waals surface area contributed by atoms with Crippen LogP contribution >= 0.6 is 0 Å². The number of nitrogens with zero attached hydrogens (tertiary/aromatic N) is 2. The van der Waals surface area contributed by atoms with Crippen LogP contribution in [0.15, 0.2) is 60.7 Å². The molecule has 0 atom stereocenters. The molecule has 0 radical (unpaired) electrons. The number of hydrogen-bond donors (Lipinski definition) is 1. The molecule has 3 aromatic rings. The molecule has 164 valence electrons. The average Bonchev–Trinajstić information content (AvgIpc) is 3.55. The van der Waals surface area contributed by atoms with E-state index >= 15 is 0 Å². The average molecular weight is 430 g/mol. The number of aryl methyl sites for hydroxylation is 1. The number of benzene rings is 2. The summed E-state index contributed by atoms with van der Waals surface area (Å²) < 4.78 is 6.41. The second-order valence-electron chi connectivity index (χ2n) is 9.09. The Bertz CT molecular complexity index is 1200. The molecule has 2 aliphatic rings. The van der Waals surface area contributed by atoms with Gasteiger partial charge in [0.25, 0.3) is 5.91 Å². The van der Waals surface area contributed by atoms with Gasteiger partial charge in [0.1, 0.15) is 11.2 Å². The van der Waals surface area contributed by atoms with E-state index in [2.05, 4.69) is 35.4 Å². The third-order valence-corrected chi connectivity index (χ3v) is 6.62. The number of hydrogen-bond acceptors (Lipinski definition) is 4. The molecule has 0 bridgehead atoms. The van der Waals surface area contributed by atoms with Gasteiger partial charge in [-0.05, 0) is 37.5 Å². The first kappa shape index (κ1) is 20.6. The highest BCUT2D eigenvalue weighted by Crippen LogP contribution is 2.52. The molecule has 1 aromatic heterocycles. The lowest BCUT2D eigenvalue weighted by molar-refractivity contribution is -0.135. The van der Waals surface area contributed by atoms with E-state index in [1.54, 1.807) is 11.0 Å². The molecule has 1 N–H and O–H groups in total. The van der Waals surface area contributed by atoms with Gasteiger partial charge in [-0.2, -0.15) is 0 Å². The van der Waals surface area contributed by atoms with E-state index in [9.17, 15) is 9.59 Å². The predicted molar refractivity (Wildman–Crippen MR) is 122 cm³/mol. The lowest BCUT2D eigenvalue weighted by atomic mass is 9.81. The predicted octanol–water partition coefficient (Wildman–Crippen LogP) is 3.62. The molecule has 32 heavy (non-hydrogen) atoms. The van der Waals surface area contributed by atoms with Crippen LogP contribution in [0.2, 0.25) is 0 Å². The van der Waals surface area contributed by atoms with Gasteiger partial charge in [-0.1, -0.05) is 54.1 Å². The SMILES string of the molecule is CC(=O)NC1(C2(OCc3cccc(C)c3)CC2)CN(C(=O)c2ccc3ccccc3n2)C1. The molecular weight excluding hydrogens is 402 g/mol. The van der Waals surface area contributed by atoms with E-state index in [-0.39, 0.29) is 11.8 Å². The fraction of sp³-hybridized carbons (Fsp3) is 0.346. The summed E-state index contributed by atoms with van der Waals surface area (Å²) >= 11 is 0. The summed E-state index contributed by atoms with van der Waals surface area (Å²) in [6.07, 6.45) is 1.74. The summed E-state index contributed by atoms with van der Waals surface area (Å²) in [5, 5.41) is 4.13. The second-order valence-corrected chi connectivity index (χ2v) is 9.09. The van der Waals surface area contributed by atoms with Crippen molar-refractivity contribution in [3.8, 4) is 0 Å². The Morgan fingerprint density at radius 3 is 2.56 bits per heavy atom.